The first-order valence-electron chi connectivity index (χ1n) is 3.56. The predicted molar refractivity (Wildman–Crippen MR) is 49.0 cm³/mol. The quantitative estimate of drug-likeness (QED) is 0.727. The molecule has 0 aromatic carbocycles. The molecule has 1 aromatic rings. The zero-order valence-electron chi connectivity index (χ0n) is 6.87. The van der Waals surface area contributed by atoms with Gasteiger partial charge in [-0.3, -0.25) is 0 Å². The van der Waals surface area contributed by atoms with Crippen LogP contribution in [0.1, 0.15) is 24.3 Å². The number of halogens is 1. The Balaban J connectivity index is 3.28. The molecule has 0 aliphatic carbocycles. The Bertz CT molecular complexity index is 299. The van der Waals surface area contributed by atoms with E-state index in [2.05, 4.69) is 20.9 Å². The topological polar surface area (TPSA) is 53.4 Å². The van der Waals surface area contributed by atoms with E-state index in [0.29, 0.717) is 15.9 Å². The number of hydrogen-bond donors (Lipinski definition) is 2. The van der Waals surface area contributed by atoms with E-state index in [-0.39, 0.29) is 5.75 Å². The van der Waals surface area contributed by atoms with Gasteiger partial charge in [-0.2, -0.15) is 0 Å². The predicted octanol–water partition coefficient (Wildman–Crippen LogP) is 1.91. The van der Waals surface area contributed by atoms with Crippen LogP contribution >= 0.6 is 15.9 Å². The molecule has 0 radical (unpaired) electrons. The van der Waals surface area contributed by atoms with Gasteiger partial charge >= 0.3 is 0 Å². The number of nitrogens with zero attached hydrogens (tertiary/aromatic N) is 1. The molecule has 0 fully saturated rings. The maximum atomic E-state index is 9.45. The molecule has 1 aromatic heterocycles. The molecular formula is C8H10BrNO2. The van der Waals surface area contributed by atoms with Crippen molar-refractivity contribution in [1.29, 1.82) is 0 Å². The molecule has 1 rings (SSSR count). The molecule has 3 nitrogen and oxygen atoms in total. The van der Waals surface area contributed by atoms with Crippen molar-refractivity contribution >= 4 is 15.9 Å². The van der Waals surface area contributed by atoms with E-state index in [0.717, 1.165) is 0 Å². The third-order valence-electron chi connectivity index (χ3n) is 1.57. The lowest BCUT2D eigenvalue weighted by Gasteiger charge is -2.08. The Morgan fingerprint density at radius 3 is 2.67 bits per heavy atom. The minimum Gasteiger partial charge on any atom is -0.506 e. The number of aliphatic hydroxyl groups is 1. The molecule has 1 atom stereocenters. The van der Waals surface area contributed by atoms with Gasteiger partial charge < -0.3 is 10.2 Å². The lowest BCUT2D eigenvalue weighted by atomic mass is 10.1. The van der Waals surface area contributed by atoms with Gasteiger partial charge in [0.1, 0.15) is 16.0 Å². The average molecular weight is 232 g/mol. The third kappa shape index (κ3) is 1.76. The second-order valence-corrected chi connectivity index (χ2v) is 3.48. The summed E-state index contributed by atoms with van der Waals surface area (Å²) in [6.45, 7) is 3.32. The fourth-order valence-corrected chi connectivity index (χ4v) is 1.48. The largest absolute Gasteiger partial charge is 0.506 e. The highest BCUT2D eigenvalue weighted by molar-refractivity contribution is 9.10. The molecule has 1 unspecified atom stereocenters. The first-order chi connectivity index (χ1) is 5.52. The van der Waals surface area contributed by atoms with E-state index in [1.54, 1.807) is 19.9 Å². The zero-order chi connectivity index (χ0) is 9.30. The zero-order valence-corrected chi connectivity index (χ0v) is 8.46. The van der Waals surface area contributed by atoms with Gasteiger partial charge in [0.05, 0.1) is 6.10 Å². The van der Waals surface area contributed by atoms with Gasteiger partial charge in [0.2, 0.25) is 0 Å². The Labute approximate surface area is 79.2 Å². The number of rotatable bonds is 1. The average Bonchev–Trinajstić information content (AvgIpc) is 1.96. The Hall–Kier alpha value is -0.610. The van der Waals surface area contributed by atoms with Crippen LogP contribution in [-0.4, -0.2) is 15.2 Å². The number of hydrogen-bond acceptors (Lipinski definition) is 3. The van der Waals surface area contributed by atoms with Crippen LogP contribution in [0, 0.1) is 6.92 Å². The van der Waals surface area contributed by atoms with Crippen LogP contribution < -0.4 is 0 Å². The summed E-state index contributed by atoms with van der Waals surface area (Å²) < 4.78 is 0.619. The molecular weight excluding hydrogens is 222 g/mol. The second-order valence-electron chi connectivity index (χ2n) is 2.67. The number of aryl methyl sites for hydroxylation is 1. The summed E-state index contributed by atoms with van der Waals surface area (Å²) in [5.41, 5.74) is 1.01. The normalized spacial score (nSPS) is 13.0. The molecule has 2 N–H and O–H groups in total. The molecule has 0 saturated carbocycles. The van der Waals surface area contributed by atoms with E-state index in [1.165, 1.54) is 0 Å². The Kier molecular flexibility index (Phi) is 2.69. The first kappa shape index (κ1) is 9.48. The fraction of sp³-hybridized carbons (Fsp3) is 0.375. The van der Waals surface area contributed by atoms with Crippen molar-refractivity contribution in [2.75, 3.05) is 0 Å². The SMILES string of the molecule is Cc1cc(Br)nc(C(C)O)c1O. The monoisotopic (exact) mass is 231 g/mol. The van der Waals surface area contributed by atoms with Crippen LogP contribution in [0.3, 0.4) is 0 Å². The van der Waals surface area contributed by atoms with Gasteiger partial charge in [0.15, 0.2) is 0 Å². The van der Waals surface area contributed by atoms with Crippen molar-refractivity contribution in [3.63, 3.8) is 0 Å². The first-order valence-corrected chi connectivity index (χ1v) is 4.35. The summed E-state index contributed by atoms with van der Waals surface area (Å²) in [5.74, 6) is 0.0631. The maximum absolute atomic E-state index is 9.45. The van der Waals surface area contributed by atoms with Crippen molar-refractivity contribution < 1.29 is 10.2 Å². The van der Waals surface area contributed by atoms with E-state index in [1.807, 2.05) is 0 Å². The molecule has 0 aliphatic heterocycles. The van der Waals surface area contributed by atoms with Gasteiger partial charge in [-0.05, 0) is 41.4 Å². The van der Waals surface area contributed by atoms with Crippen molar-refractivity contribution in [1.82, 2.24) is 4.98 Å². The van der Waals surface area contributed by atoms with E-state index in [4.69, 9.17) is 0 Å². The highest BCUT2D eigenvalue weighted by atomic mass is 79.9. The second kappa shape index (κ2) is 3.41. The van der Waals surface area contributed by atoms with Gasteiger partial charge in [0, 0.05) is 0 Å². The summed E-state index contributed by atoms with van der Waals surface area (Å²) >= 11 is 3.18. The van der Waals surface area contributed by atoms with Crippen molar-refractivity contribution in [2.45, 2.75) is 20.0 Å². The van der Waals surface area contributed by atoms with Gasteiger partial charge in [-0.1, -0.05) is 0 Å². The fourth-order valence-electron chi connectivity index (χ4n) is 0.941. The molecule has 1 heterocycles. The van der Waals surface area contributed by atoms with Gasteiger partial charge in [-0.15, -0.1) is 0 Å². The number of aromatic nitrogens is 1. The van der Waals surface area contributed by atoms with Crippen molar-refractivity contribution in [2.24, 2.45) is 0 Å². The van der Waals surface area contributed by atoms with Crippen molar-refractivity contribution in [3.05, 3.63) is 21.9 Å². The molecule has 0 bridgehead atoms. The maximum Gasteiger partial charge on any atom is 0.142 e. The standard InChI is InChI=1S/C8H10BrNO2/c1-4-3-6(9)10-7(5(2)11)8(4)12/h3,5,11-12H,1-2H3. The van der Waals surface area contributed by atoms with Crippen molar-refractivity contribution in [3.8, 4) is 5.75 Å². The molecule has 0 saturated heterocycles. The number of aromatic hydroxyl groups is 1. The molecule has 12 heavy (non-hydrogen) atoms. The molecule has 0 spiro atoms. The Morgan fingerprint density at radius 1 is 1.58 bits per heavy atom. The lowest BCUT2D eigenvalue weighted by Crippen LogP contribution is -1.97. The van der Waals surface area contributed by atoms with E-state index < -0.39 is 6.10 Å². The highest BCUT2D eigenvalue weighted by Crippen LogP contribution is 2.27. The lowest BCUT2D eigenvalue weighted by molar-refractivity contribution is 0.189. The smallest absolute Gasteiger partial charge is 0.142 e. The minimum absolute atomic E-state index is 0.0631. The van der Waals surface area contributed by atoms with Crippen LogP contribution in [0.5, 0.6) is 5.75 Å². The van der Waals surface area contributed by atoms with Gasteiger partial charge in [-0.25, -0.2) is 4.98 Å². The Morgan fingerprint density at radius 2 is 2.17 bits per heavy atom. The molecule has 0 aliphatic rings. The number of pyridine rings is 1. The highest BCUT2D eigenvalue weighted by Gasteiger charge is 2.11. The minimum atomic E-state index is -0.749. The molecule has 4 heteroatoms. The third-order valence-corrected chi connectivity index (χ3v) is 1.98. The number of aliphatic hydroxyl groups excluding tert-OH is 1. The van der Waals surface area contributed by atoms with Crippen LogP contribution in [0.2, 0.25) is 0 Å². The summed E-state index contributed by atoms with van der Waals surface area (Å²) in [6, 6.07) is 1.70. The summed E-state index contributed by atoms with van der Waals surface area (Å²) in [4.78, 5) is 3.95. The summed E-state index contributed by atoms with van der Waals surface area (Å²) in [7, 11) is 0. The van der Waals surface area contributed by atoms with Crippen LogP contribution in [0.25, 0.3) is 0 Å². The van der Waals surface area contributed by atoms with Crippen LogP contribution in [0.4, 0.5) is 0 Å². The summed E-state index contributed by atoms with van der Waals surface area (Å²) in [5, 5.41) is 18.7. The molecule has 0 amide bonds. The molecule has 66 valence electrons. The van der Waals surface area contributed by atoms with Gasteiger partial charge in [0.25, 0.3) is 0 Å². The van der Waals surface area contributed by atoms with Crippen LogP contribution in [-0.2, 0) is 0 Å². The van der Waals surface area contributed by atoms with E-state index in [9.17, 15) is 10.2 Å². The van der Waals surface area contributed by atoms with E-state index >= 15 is 0 Å². The summed E-state index contributed by atoms with van der Waals surface area (Å²) in [6.07, 6.45) is -0.749. The van der Waals surface area contributed by atoms with Crippen LogP contribution in [0.15, 0.2) is 10.7 Å².